The molecular weight excluding hydrogens is 204 g/mol. The quantitative estimate of drug-likeness (QED) is 0.723. The van der Waals surface area contributed by atoms with Crippen molar-refractivity contribution >= 4 is 6.09 Å². The fourth-order valence-corrected chi connectivity index (χ4v) is 1.96. The van der Waals surface area contributed by atoms with E-state index < -0.39 is 0 Å². The van der Waals surface area contributed by atoms with Crippen molar-refractivity contribution in [2.24, 2.45) is 11.8 Å². The van der Waals surface area contributed by atoms with Gasteiger partial charge in [-0.05, 0) is 39.5 Å². The van der Waals surface area contributed by atoms with E-state index in [1.54, 1.807) is 4.90 Å². The SMILES string of the molecule is CC(C)OC(=O)N1CCC(C(C)C#N)CC1. The normalized spacial score (nSPS) is 19.3. The van der Waals surface area contributed by atoms with Crippen LogP contribution in [-0.4, -0.2) is 30.2 Å². The maximum atomic E-state index is 11.6. The van der Waals surface area contributed by atoms with Crippen molar-refractivity contribution in [2.75, 3.05) is 13.1 Å². The van der Waals surface area contributed by atoms with Crippen LogP contribution in [0.2, 0.25) is 0 Å². The first-order valence-electron chi connectivity index (χ1n) is 5.89. The number of ether oxygens (including phenoxy) is 1. The highest BCUT2D eigenvalue weighted by atomic mass is 16.6. The Kier molecular flexibility index (Phi) is 4.60. The van der Waals surface area contributed by atoms with Crippen LogP contribution in [0, 0.1) is 23.2 Å². The number of hydrogen-bond donors (Lipinski definition) is 0. The van der Waals surface area contributed by atoms with Gasteiger partial charge in [0.15, 0.2) is 0 Å². The highest BCUT2D eigenvalue weighted by Gasteiger charge is 2.27. The molecule has 0 aromatic rings. The Hall–Kier alpha value is -1.24. The zero-order valence-corrected chi connectivity index (χ0v) is 10.3. The van der Waals surface area contributed by atoms with Gasteiger partial charge in [0.05, 0.1) is 12.2 Å². The van der Waals surface area contributed by atoms with Gasteiger partial charge in [-0.3, -0.25) is 0 Å². The Balaban J connectivity index is 2.37. The van der Waals surface area contributed by atoms with Crippen molar-refractivity contribution in [3.63, 3.8) is 0 Å². The maximum Gasteiger partial charge on any atom is 0.410 e. The highest BCUT2D eigenvalue weighted by Crippen LogP contribution is 2.24. The Morgan fingerprint density at radius 2 is 1.94 bits per heavy atom. The summed E-state index contributed by atoms with van der Waals surface area (Å²) < 4.78 is 5.13. The average Bonchev–Trinajstić information content (AvgIpc) is 2.27. The molecule has 0 aromatic heterocycles. The molecule has 0 aliphatic carbocycles. The number of carbonyl (C=O) groups is 1. The summed E-state index contributed by atoms with van der Waals surface area (Å²) in [5.74, 6) is 0.511. The van der Waals surface area contributed by atoms with Crippen LogP contribution in [0.25, 0.3) is 0 Å². The molecular formula is C12H20N2O2. The minimum Gasteiger partial charge on any atom is -0.447 e. The average molecular weight is 224 g/mol. The molecule has 0 spiro atoms. The number of nitriles is 1. The molecule has 1 aliphatic heterocycles. The van der Waals surface area contributed by atoms with Gasteiger partial charge in [-0.2, -0.15) is 5.26 Å². The van der Waals surface area contributed by atoms with Gasteiger partial charge in [0.2, 0.25) is 0 Å². The van der Waals surface area contributed by atoms with E-state index >= 15 is 0 Å². The Labute approximate surface area is 97.2 Å². The first-order chi connectivity index (χ1) is 7.54. The van der Waals surface area contributed by atoms with Crippen molar-refractivity contribution in [1.82, 2.24) is 4.90 Å². The summed E-state index contributed by atoms with van der Waals surface area (Å²) in [5.41, 5.74) is 0. The maximum absolute atomic E-state index is 11.6. The zero-order valence-electron chi connectivity index (χ0n) is 10.3. The molecule has 1 aliphatic rings. The molecule has 1 fully saturated rings. The summed E-state index contributed by atoms with van der Waals surface area (Å²) in [6.07, 6.45) is 1.52. The first-order valence-corrected chi connectivity index (χ1v) is 5.89. The number of nitrogens with zero attached hydrogens (tertiary/aromatic N) is 2. The van der Waals surface area contributed by atoms with Crippen LogP contribution in [0.4, 0.5) is 4.79 Å². The summed E-state index contributed by atoms with van der Waals surface area (Å²) in [4.78, 5) is 13.3. The fourth-order valence-electron chi connectivity index (χ4n) is 1.96. The van der Waals surface area contributed by atoms with Crippen molar-refractivity contribution in [1.29, 1.82) is 5.26 Å². The van der Waals surface area contributed by atoms with E-state index in [9.17, 15) is 4.79 Å². The lowest BCUT2D eigenvalue weighted by Crippen LogP contribution is -2.40. The van der Waals surface area contributed by atoms with E-state index in [0.29, 0.717) is 19.0 Å². The van der Waals surface area contributed by atoms with Crippen LogP contribution in [0.5, 0.6) is 0 Å². The van der Waals surface area contributed by atoms with Crippen molar-refractivity contribution in [3.05, 3.63) is 0 Å². The third-order valence-corrected chi connectivity index (χ3v) is 3.05. The van der Waals surface area contributed by atoms with Gasteiger partial charge >= 0.3 is 6.09 Å². The lowest BCUT2D eigenvalue weighted by molar-refractivity contribution is 0.0630. The zero-order chi connectivity index (χ0) is 12.1. The molecule has 1 saturated heterocycles. The van der Waals surface area contributed by atoms with Gasteiger partial charge in [0, 0.05) is 19.0 Å². The molecule has 4 nitrogen and oxygen atoms in total. The van der Waals surface area contributed by atoms with Gasteiger partial charge < -0.3 is 9.64 Å². The predicted molar refractivity (Wildman–Crippen MR) is 60.7 cm³/mol. The summed E-state index contributed by atoms with van der Waals surface area (Å²) in [7, 11) is 0. The Bertz CT molecular complexity index is 275. The number of carbonyl (C=O) groups excluding carboxylic acids is 1. The van der Waals surface area contributed by atoms with E-state index in [-0.39, 0.29) is 18.1 Å². The van der Waals surface area contributed by atoms with Crippen molar-refractivity contribution < 1.29 is 9.53 Å². The Morgan fingerprint density at radius 3 is 2.38 bits per heavy atom. The van der Waals surface area contributed by atoms with Crippen LogP contribution < -0.4 is 0 Å². The van der Waals surface area contributed by atoms with E-state index in [1.165, 1.54) is 0 Å². The number of likely N-dealkylation sites (tertiary alicyclic amines) is 1. The number of hydrogen-bond acceptors (Lipinski definition) is 3. The summed E-state index contributed by atoms with van der Waals surface area (Å²) in [5, 5.41) is 8.83. The molecule has 90 valence electrons. The topological polar surface area (TPSA) is 53.3 Å². The Morgan fingerprint density at radius 1 is 1.38 bits per heavy atom. The molecule has 1 rings (SSSR count). The van der Waals surface area contributed by atoms with Gasteiger partial charge in [-0.25, -0.2) is 4.79 Å². The van der Waals surface area contributed by atoms with Crippen LogP contribution in [0.1, 0.15) is 33.6 Å². The number of amides is 1. The lowest BCUT2D eigenvalue weighted by atomic mass is 9.86. The minimum absolute atomic E-state index is 0.0664. The second-order valence-corrected chi connectivity index (χ2v) is 4.67. The summed E-state index contributed by atoms with van der Waals surface area (Å²) in [6.45, 7) is 7.07. The molecule has 0 bridgehead atoms. The van der Waals surface area contributed by atoms with Crippen LogP contribution in [0.3, 0.4) is 0 Å². The van der Waals surface area contributed by atoms with Gasteiger partial charge in [-0.1, -0.05) is 0 Å². The smallest absolute Gasteiger partial charge is 0.410 e. The van der Waals surface area contributed by atoms with E-state index in [2.05, 4.69) is 6.07 Å². The molecule has 1 amide bonds. The summed E-state index contributed by atoms with van der Waals surface area (Å²) in [6, 6.07) is 2.28. The summed E-state index contributed by atoms with van der Waals surface area (Å²) >= 11 is 0. The molecule has 4 heteroatoms. The van der Waals surface area contributed by atoms with Crippen LogP contribution >= 0.6 is 0 Å². The molecule has 0 saturated carbocycles. The van der Waals surface area contributed by atoms with Crippen molar-refractivity contribution in [3.8, 4) is 6.07 Å². The van der Waals surface area contributed by atoms with Crippen LogP contribution in [-0.2, 0) is 4.74 Å². The monoisotopic (exact) mass is 224 g/mol. The minimum atomic E-state index is -0.224. The first kappa shape index (κ1) is 12.8. The van der Waals surface area contributed by atoms with E-state index in [0.717, 1.165) is 12.8 Å². The van der Waals surface area contributed by atoms with E-state index in [1.807, 2.05) is 20.8 Å². The number of piperidine rings is 1. The third-order valence-electron chi connectivity index (χ3n) is 3.05. The third kappa shape index (κ3) is 3.41. The molecule has 0 N–H and O–H groups in total. The molecule has 0 aromatic carbocycles. The van der Waals surface area contributed by atoms with Gasteiger partial charge in [0.1, 0.15) is 0 Å². The molecule has 16 heavy (non-hydrogen) atoms. The van der Waals surface area contributed by atoms with Crippen molar-refractivity contribution in [2.45, 2.75) is 39.7 Å². The standard InChI is InChI=1S/C12H20N2O2/c1-9(2)16-12(15)14-6-4-11(5-7-14)10(3)8-13/h9-11H,4-7H2,1-3H3. The highest BCUT2D eigenvalue weighted by molar-refractivity contribution is 5.67. The second-order valence-electron chi connectivity index (χ2n) is 4.67. The molecule has 1 heterocycles. The number of rotatable bonds is 2. The van der Waals surface area contributed by atoms with E-state index in [4.69, 9.17) is 10.00 Å². The fraction of sp³-hybridized carbons (Fsp3) is 0.833. The van der Waals surface area contributed by atoms with Gasteiger partial charge in [0.25, 0.3) is 0 Å². The van der Waals surface area contributed by atoms with Gasteiger partial charge in [-0.15, -0.1) is 0 Å². The molecule has 0 radical (unpaired) electrons. The second kappa shape index (κ2) is 5.74. The van der Waals surface area contributed by atoms with Crippen LogP contribution in [0.15, 0.2) is 0 Å². The molecule has 1 unspecified atom stereocenters. The largest absolute Gasteiger partial charge is 0.447 e. The lowest BCUT2D eigenvalue weighted by Gasteiger charge is -2.32. The molecule has 1 atom stereocenters. The predicted octanol–water partition coefficient (Wildman–Crippen LogP) is 2.40.